The highest BCUT2D eigenvalue weighted by atomic mass is 19.1. The number of aliphatic hydroxyl groups excluding tert-OH is 1. The van der Waals surface area contributed by atoms with E-state index in [2.05, 4.69) is 0 Å². The summed E-state index contributed by atoms with van der Waals surface area (Å²) in [5, 5.41) is 10.8. The summed E-state index contributed by atoms with van der Waals surface area (Å²) in [6.45, 7) is 4.13. The lowest BCUT2D eigenvalue weighted by molar-refractivity contribution is -0.129. The second kappa shape index (κ2) is 11.2. The molecular weight excluding hydrogens is 457 g/mol. The van der Waals surface area contributed by atoms with Crippen LogP contribution in [-0.4, -0.2) is 34.3 Å². The number of amides is 1. The lowest BCUT2D eigenvalue weighted by Gasteiger charge is -2.27. The van der Waals surface area contributed by atoms with Crippen LogP contribution in [0.15, 0.2) is 90.2 Å². The molecule has 5 nitrogen and oxygen atoms in total. The van der Waals surface area contributed by atoms with Gasteiger partial charge in [0.05, 0.1) is 17.7 Å². The van der Waals surface area contributed by atoms with Gasteiger partial charge in [0.1, 0.15) is 11.6 Å². The Morgan fingerprint density at radius 2 is 1.58 bits per heavy atom. The van der Waals surface area contributed by atoms with Crippen molar-refractivity contribution in [2.75, 3.05) is 6.54 Å². The highest BCUT2D eigenvalue weighted by Crippen LogP contribution is 2.39. The molecule has 4 rings (SSSR count). The van der Waals surface area contributed by atoms with E-state index in [4.69, 9.17) is 4.74 Å². The van der Waals surface area contributed by atoms with Gasteiger partial charge in [0.25, 0.3) is 5.91 Å². The number of nitrogens with zero attached hydrogens (tertiary/aromatic N) is 1. The molecule has 0 fully saturated rings. The molecular formula is C30H30FNO4. The number of halogens is 1. The zero-order valence-electron chi connectivity index (χ0n) is 20.5. The van der Waals surface area contributed by atoms with Crippen LogP contribution in [0, 0.1) is 5.82 Å². The molecule has 1 amide bonds. The minimum Gasteiger partial charge on any atom is -0.503 e. The fraction of sp³-hybridized carbons (Fsp3) is 0.267. The summed E-state index contributed by atoms with van der Waals surface area (Å²) in [6, 6.07) is 22.3. The van der Waals surface area contributed by atoms with Crippen molar-refractivity contribution < 1.29 is 23.8 Å². The van der Waals surface area contributed by atoms with Crippen LogP contribution in [-0.2, 0) is 22.4 Å². The minimum absolute atomic E-state index is 0.00943. The third-order valence-electron chi connectivity index (χ3n) is 6.21. The van der Waals surface area contributed by atoms with E-state index in [-0.39, 0.29) is 36.2 Å². The van der Waals surface area contributed by atoms with E-state index in [0.29, 0.717) is 24.2 Å². The Morgan fingerprint density at radius 3 is 2.22 bits per heavy atom. The lowest BCUT2D eigenvalue weighted by atomic mass is 9.93. The number of Topliss-reactive ketones (excluding diaryl/α,β-unsaturated/α-hetero) is 1. The Labute approximate surface area is 210 Å². The summed E-state index contributed by atoms with van der Waals surface area (Å²) in [4.78, 5) is 28.0. The predicted molar refractivity (Wildman–Crippen MR) is 136 cm³/mol. The van der Waals surface area contributed by atoms with E-state index in [9.17, 15) is 19.1 Å². The van der Waals surface area contributed by atoms with Crippen molar-refractivity contribution in [2.45, 2.75) is 45.3 Å². The zero-order chi connectivity index (χ0) is 25.7. The number of hydrogen-bond acceptors (Lipinski definition) is 4. The number of rotatable bonds is 10. The average Bonchev–Trinajstić information content (AvgIpc) is 3.13. The molecule has 0 saturated heterocycles. The number of aliphatic hydroxyl groups is 1. The molecule has 0 saturated carbocycles. The minimum atomic E-state index is -0.714. The summed E-state index contributed by atoms with van der Waals surface area (Å²) in [6.07, 6.45) is 1.15. The number of ketones is 1. The first-order valence-corrected chi connectivity index (χ1v) is 12.2. The van der Waals surface area contributed by atoms with Crippen molar-refractivity contribution in [1.29, 1.82) is 0 Å². The normalized spacial score (nSPS) is 15.6. The molecule has 0 radical (unpaired) electrons. The zero-order valence-corrected chi connectivity index (χ0v) is 20.5. The van der Waals surface area contributed by atoms with Gasteiger partial charge < -0.3 is 14.7 Å². The highest BCUT2D eigenvalue weighted by molar-refractivity contribution is 6.09. The van der Waals surface area contributed by atoms with Crippen LogP contribution in [0.1, 0.15) is 43.0 Å². The molecule has 0 aromatic heterocycles. The summed E-state index contributed by atoms with van der Waals surface area (Å²) < 4.78 is 19.1. The van der Waals surface area contributed by atoms with E-state index >= 15 is 0 Å². The fourth-order valence-corrected chi connectivity index (χ4v) is 4.45. The molecule has 1 atom stereocenters. The van der Waals surface area contributed by atoms with Crippen LogP contribution < -0.4 is 4.74 Å². The Bertz CT molecular complexity index is 1230. The Hall–Kier alpha value is -3.93. The number of carbonyl (C=O) groups excluding carboxylic acids is 2. The SMILES string of the molecule is CC(C)Oc1ccc(C2C(C(=O)CCc3ccccc3)=C(O)C(=O)N2CCc2ccc(F)cc2)cc1. The number of hydrogen-bond donors (Lipinski definition) is 1. The largest absolute Gasteiger partial charge is 0.503 e. The Balaban J connectivity index is 1.61. The molecule has 3 aromatic rings. The van der Waals surface area contributed by atoms with Gasteiger partial charge in [-0.1, -0.05) is 54.6 Å². The molecule has 0 aliphatic carbocycles. The standard InChI is InChI=1S/C30H30FNO4/c1-20(2)36-25-15-11-23(12-16-25)28-27(26(33)17-10-21-6-4-3-5-7-21)29(34)30(35)32(28)19-18-22-8-13-24(31)14-9-22/h3-9,11-16,20,28,34H,10,17-19H2,1-2H3. The molecule has 1 N–H and O–H groups in total. The van der Waals surface area contributed by atoms with Crippen LogP contribution in [0.2, 0.25) is 0 Å². The molecule has 186 valence electrons. The molecule has 0 bridgehead atoms. The maximum absolute atomic E-state index is 13.4. The van der Waals surface area contributed by atoms with Gasteiger partial charge in [-0.2, -0.15) is 0 Å². The number of aryl methyl sites for hydroxylation is 1. The number of carbonyl (C=O) groups is 2. The third kappa shape index (κ3) is 5.82. The van der Waals surface area contributed by atoms with Crippen LogP contribution in [0.4, 0.5) is 4.39 Å². The van der Waals surface area contributed by atoms with Gasteiger partial charge in [-0.3, -0.25) is 9.59 Å². The van der Waals surface area contributed by atoms with E-state index in [0.717, 1.165) is 11.1 Å². The summed E-state index contributed by atoms with van der Waals surface area (Å²) in [5.74, 6) is -0.988. The van der Waals surface area contributed by atoms with Gasteiger partial charge in [-0.15, -0.1) is 0 Å². The van der Waals surface area contributed by atoms with Gasteiger partial charge in [0, 0.05) is 13.0 Å². The van der Waals surface area contributed by atoms with Crippen molar-refractivity contribution in [3.63, 3.8) is 0 Å². The van der Waals surface area contributed by atoms with Crippen molar-refractivity contribution in [3.8, 4) is 5.75 Å². The molecule has 36 heavy (non-hydrogen) atoms. The first kappa shape index (κ1) is 25.2. The van der Waals surface area contributed by atoms with E-state index in [1.807, 2.05) is 56.3 Å². The smallest absolute Gasteiger partial charge is 0.290 e. The van der Waals surface area contributed by atoms with Gasteiger partial charge in [0.2, 0.25) is 0 Å². The molecule has 6 heteroatoms. The van der Waals surface area contributed by atoms with Crippen molar-refractivity contribution >= 4 is 11.7 Å². The molecule has 1 unspecified atom stereocenters. The maximum atomic E-state index is 13.4. The quantitative estimate of drug-likeness (QED) is 0.395. The predicted octanol–water partition coefficient (Wildman–Crippen LogP) is 5.75. The highest BCUT2D eigenvalue weighted by Gasteiger charge is 2.42. The van der Waals surface area contributed by atoms with Crippen molar-refractivity contribution in [3.05, 3.63) is 113 Å². The van der Waals surface area contributed by atoms with Gasteiger partial charge in [0.15, 0.2) is 11.5 Å². The maximum Gasteiger partial charge on any atom is 0.290 e. The summed E-state index contributed by atoms with van der Waals surface area (Å²) in [5.41, 5.74) is 2.69. The van der Waals surface area contributed by atoms with Crippen molar-refractivity contribution in [2.24, 2.45) is 0 Å². The van der Waals surface area contributed by atoms with Gasteiger partial charge >= 0.3 is 0 Å². The third-order valence-corrected chi connectivity index (χ3v) is 6.21. The molecule has 1 aliphatic heterocycles. The molecule has 3 aromatic carbocycles. The molecule has 1 heterocycles. The molecule has 0 spiro atoms. The average molecular weight is 488 g/mol. The molecule has 1 aliphatic rings. The van der Waals surface area contributed by atoms with Crippen molar-refractivity contribution in [1.82, 2.24) is 4.90 Å². The fourth-order valence-electron chi connectivity index (χ4n) is 4.45. The second-order valence-electron chi connectivity index (χ2n) is 9.18. The topological polar surface area (TPSA) is 66.8 Å². The van der Waals surface area contributed by atoms with Gasteiger partial charge in [-0.05, 0) is 67.6 Å². The lowest BCUT2D eigenvalue weighted by Crippen LogP contribution is -2.33. The van der Waals surface area contributed by atoms with E-state index in [1.54, 1.807) is 24.3 Å². The summed E-state index contributed by atoms with van der Waals surface area (Å²) >= 11 is 0. The van der Waals surface area contributed by atoms with E-state index < -0.39 is 17.7 Å². The van der Waals surface area contributed by atoms with Crippen LogP contribution in [0.25, 0.3) is 0 Å². The first-order valence-electron chi connectivity index (χ1n) is 12.2. The summed E-state index contributed by atoms with van der Waals surface area (Å²) in [7, 11) is 0. The first-order chi connectivity index (χ1) is 17.3. The van der Waals surface area contributed by atoms with Crippen LogP contribution in [0.3, 0.4) is 0 Å². The van der Waals surface area contributed by atoms with Gasteiger partial charge in [-0.25, -0.2) is 4.39 Å². The van der Waals surface area contributed by atoms with Crippen LogP contribution >= 0.6 is 0 Å². The number of ether oxygens (including phenoxy) is 1. The monoisotopic (exact) mass is 487 g/mol. The van der Waals surface area contributed by atoms with Crippen LogP contribution in [0.5, 0.6) is 5.75 Å². The number of benzene rings is 3. The Kier molecular flexibility index (Phi) is 7.84. The Morgan fingerprint density at radius 1 is 0.944 bits per heavy atom. The van der Waals surface area contributed by atoms with E-state index in [1.165, 1.54) is 17.0 Å². The second-order valence-corrected chi connectivity index (χ2v) is 9.18.